The Kier molecular flexibility index (Phi) is 1.94. The predicted molar refractivity (Wildman–Crippen MR) is 47.7 cm³/mol. The number of hydrogen-bond donors (Lipinski definition) is 0. The van der Waals surface area contributed by atoms with Gasteiger partial charge >= 0.3 is 0 Å². The van der Waals surface area contributed by atoms with Crippen molar-refractivity contribution in [3.63, 3.8) is 0 Å². The van der Waals surface area contributed by atoms with Crippen molar-refractivity contribution in [3.8, 4) is 0 Å². The van der Waals surface area contributed by atoms with Crippen LogP contribution in [-0.2, 0) is 9.59 Å². The van der Waals surface area contributed by atoms with Crippen LogP contribution in [0.25, 0.3) is 0 Å². The number of nitrogens with zero attached hydrogens (tertiary/aromatic N) is 1. The summed E-state index contributed by atoms with van der Waals surface area (Å²) in [6.07, 6.45) is 6.58. The summed E-state index contributed by atoms with van der Waals surface area (Å²) in [5.74, 6) is -0.107. The molecule has 0 N–H and O–H groups in total. The van der Waals surface area contributed by atoms with E-state index in [4.69, 9.17) is 0 Å². The highest BCUT2D eigenvalue weighted by Gasteiger charge is 2.44. The van der Waals surface area contributed by atoms with Gasteiger partial charge in [0.05, 0.1) is 11.8 Å². The van der Waals surface area contributed by atoms with E-state index in [1.54, 1.807) is 7.05 Å². The fourth-order valence-corrected chi connectivity index (χ4v) is 2.18. The Morgan fingerprint density at radius 3 is 2.69 bits per heavy atom. The molecule has 1 fully saturated rings. The second-order valence-corrected chi connectivity index (χ2v) is 3.73. The van der Waals surface area contributed by atoms with Gasteiger partial charge in [0, 0.05) is 7.05 Å². The molecule has 0 aromatic heterocycles. The van der Waals surface area contributed by atoms with Crippen molar-refractivity contribution in [2.24, 2.45) is 11.8 Å². The van der Waals surface area contributed by atoms with Gasteiger partial charge in [0.1, 0.15) is 0 Å². The summed E-state index contributed by atoms with van der Waals surface area (Å²) in [4.78, 5) is 24.4. The molecule has 70 valence electrons. The summed E-state index contributed by atoms with van der Waals surface area (Å²) in [6.45, 7) is 0. The molecule has 1 heterocycles. The Labute approximate surface area is 77.4 Å². The summed E-state index contributed by atoms with van der Waals surface area (Å²) in [5.41, 5.74) is 0. The molecular formula is C10H13NO2. The molecular weight excluding hydrogens is 166 g/mol. The van der Waals surface area contributed by atoms with Crippen LogP contribution >= 0.6 is 0 Å². The van der Waals surface area contributed by atoms with Gasteiger partial charge in [-0.1, -0.05) is 12.2 Å². The first-order chi connectivity index (χ1) is 6.22. The quantitative estimate of drug-likeness (QED) is 0.410. The van der Waals surface area contributed by atoms with E-state index in [0.29, 0.717) is 0 Å². The van der Waals surface area contributed by atoms with Gasteiger partial charge in [-0.05, 0) is 19.3 Å². The number of carbonyl (C=O) groups excluding carboxylic acids is 2. The Hall–Kier alpha value is -1.12. The number of amides is 2. The zero-order chi connectivity index (χ0) is 9.42. The maximum absolute atomic E-state index is 11.6. The number of hydrogen-bond acceptors (Lipinski definition) is 2. The van der Waals surface area contributed by atoms with Crippen molar-refractivity contribution in [2.45, 2.75) is 19.3 Å². The van der Waals surface area contributed by atoms with E-state index in [0.717, 1.165) is 19.3 Å². The maximum Gasteiger partial charge on any atom is 0.233 e. The molecule has 13 heavy (non-hydrogen) atoms. The van der Waals surface area contributed by atoms with E-state index in [1.165, 1.54) is 4.90 Å². The highest BCUT2D eigenvalue weighted by atomic mass is 16.2. The molecule has 3 nitrogen and oxygen atoms in total. The monoisotopic (exact) mass is 179 g/mol. The fourth-order valence-electron chi connectivity index (χ4n) is 2.18. The number of likely N-dealkylation sites (tertiary alicyclic amines) is 1. The Balaban J connectivity index is 2.27. The molecule has 0 aromatic rings. The van der Waals surface area contributed by atoms with Crippen LogP contribution in [0, 0.1) is 11.8 Å². The smallest absolute Gasteiger partial charge is 0.233 e. The average Bonchev–Trinajstić information content (AvgIpc) is 2.40. The minimum atomic E-state index is -0.0729. The normalized spacial score (nSPS) is 33.5. The first-order valence-corrected chi connectivity index (χ1v) is 4.68. The number of carbonyl (C=O) groups is 2. The number of imide groups is 1. The highest BCUT2D eigenvalue weighted by molar-refractivity contribution is 6.04. The predicted octanol–water partition coefficient (Wildman–Crippen LogP) is 0.958. The van der Waals surface area contributed by atoms with Gasteiger partial charge in [-0.15, -0.1) is 0 Å². The third-order valence-corrected chi connectivity index (χ3v) is 2.98. The van der Waals surface area contributed by atoms with Crippen LogP contribution < -0.4 is 0 Å². The third kappa shape index (κ3) is 1.19. The topological polar surface area (TPSA) is 37.4 Å². The van der Waals surface area contributed by atoms with E-state index in [2.05, 4.69) is 6.08 Å². The maximum atomic E-state index is 11.6. The molecule has 1 aliphatic heterocycles. The van der Waals surface area contributed by atoms with Crippen molar-refractivity contribution < 1.29 is 9.59 Å². The van der Waals surface area contributed by atoms with Crippen LogP contribution in [0.3, 0.4) is 0 Å². The average molecular weight is 179 g/mol. The minimum absolute atomic E-state index is 0.00144. The third-order valence-electron chi connectivity index (χ3n) is 2.98. The van der Waals surface area contributed by atoms with Crippen LogP contribution in [0.15, 0.2) is 12.2 Å². The Bertz CT molecular complexity index is 283. The van der Waals surface area contributed by atoms with Crippen LogP contribution in [0.5, 0.6) is 0 Å². The molecule has 0 spiro atoms. The molecule has 2 aliphatic rings. The van der Waals surface area contributed by atoms with Crippen LogP contribution in [-0.4, -0.2) is 23.8 Å². The van der Waals surface area contributed by atoms with Crippen LogP contribution in [0.4, 0.5) is 0 Å². The molecule has 2 atom stereocenters. The van der Waals surface area contributed by atoms with Gasteiger partial charge in [-0.2, -0.15) is 0 Å². The lowest BCUT2D eigenvalue weighted by molar-refractivity contribution is -0.138. The summed E-state index contributed by atoms with van der Waals surface area (Å²) >= 11 is 0. The summed E-state index contributed by atoms with van der Waals surface area (Å²) < 4.78 is 0. The molecule has 0 saturated carbocycles. The number of rotatable bonds is 0. The molecule has 0 bridgehead atoms. The largest absolute Gasteiger partial charge is 0.285 e. The molecule has 0 radical (unpaired) electrons. The van der Waals surface area contributed by atoms with Gasteiger partial charge in [0.25, 0.3) is 0 Å². The van der Waals surface area contributed by atoms with Crippen LogP contribution in [0.2, 0.25) is 0 Å². The molecule has 1 saturated heterocycles. The second kappa shape index (κ2) is 2.98. The molecule has 0 aromatic carbocycles. The minimum Gasteiger partial charge on any atom is -0.285 e. The van der Waals surface area contributed by atoms with E-state index >= 15 is 0 Å². The van der Waals surface area contributed by atoms with E-state index in [9.17, 15) is 9.59 Å². The van der Waals surface area contributed by atoms with Crippen molar-refractivity contribution in [1.29, 1.82) is 0 Å². The fraction of sp³-hybridized carbons (Fsp3) is 0.600. The standard InChI is InChI=1S/C10H13NO2/c1-11-9(12)7-5-3-2-4-6-8(7)10(11)13/h2-3,7-8H,4-6H2,1H3. The highest BCUT2D eigenvalue weighted by Crippen LogP contribution is 2.33. The zero-order valence-electron chi connectivity index (χ0n) is 7.69. The summed E-state index contributed by atoms with van der Waals surface area (Å²) in [5, 5.41) is 0. The molecule has 2 amide bonds. The molecule has 2 unspecified atom stereocenters. The molecule has 3 heteroatoms. The van der Waals surface area contributed by atoms with Crippen LogP contribution in [0.1, 0.15) is 19.3 Å². The van der Waals surface area contributed by atoms with Crippen molar-refractivity contribution in [3.05, 3.63) is 12.2 Å². The lowest BCUT2D eigenvalue weighted by atomic mass is 9.90. The van der Waals surface area contributed by atoms with E-state index in [-0.39, 0.29) is 23.7 Å². The second-order valence-electron chi connectivity index (χ2n) is 3.73. The van der Waals surface area contributed by atoms with E-state index < -0.39 is 0 Å². The number of allylic oxidation sites excluding steroid dienone is 2. The Morgan fingerprint density at radius 1 is 1.23 bits per heavy atom. The summed E-state index contributed by atoms with van der Waals surface area (Å²) in [7, 11) is 1.59. The molecule has 2 rings (SSSR count). The lowest BCUT2D eigenvalue weighted by Gasteiger charge is -2.08. The summed E-state index contributed by atoms with van der Waals surface area (Å²) in [6, 6.07) is 0. The first kappa shape index (κ1) is 8.48. The van der Waals surface area contributed by atoms with Gasteiger partial charge < -0.3 is 0 Å². The van der Waals surface area contributed by atoms with E-state index in [1.807, 2.05) is 6.08 Å². The SMILES string of the molecule is CN1C(=O)C2CC=CCCC2C1=O. The first-order valence-electron chi connectivity index (χ1n) is 4.68. The van der Waals surface area contributed by atoms with Gasteiger partial charge in [-0.25, -0.2) is 0 Å². The van der Waals surface area contributed by atoms with Crippen molar-refractivity contribution in [2.75, 3.05) is 7.05 Å². The molecule has 1 aliphatic carbocycles. The Morgan fingerprint density at radius 2 is 1.92 bits per heavy atom. The zero-order valence-corrected chi connectivity index (χ0v) is 7.69. The number of fused-ring (bicyclic) bond motifs is 1. The van der Waals surface area contributed by atoms with Gasteiger partial charge in [0.15, 0.2) is 0 Å². The van der Waals surface area contributed by atoms with Gasteiger partial charge in [-0.3, -0.25) is 14.5 Å². The van der Waals surface area contributed by atoms with Gasteiger partial charge in [0.2, 0.25) is 11.8 Å². The van der Waals surface area contributed by atoms with Crippen molar-refractivity contribution >= 4 is 11.8 Å². The van der Waals surface area contributed by atoms with Crippen molar-refractivity contribution in [1.82, 2.24) is 4.90 Å². The lowest BCUT2D eigenvalue weighted by Crippen LogP contribution is -2.26.